The van der Waals surface area contributed by atoms with Gasteiger partial charge in [-0.2, -0.15) is 0 Å². The molecule has 0 aromatic heterocycles. The molecule has 0 bridgehead atoms. The van der Waals surface area contributed by atoms with E-state index in [1.165, 1.54) is 11.1 Å². The first-order valence-corrected chi connectivity index (χ1v) is 5.96. The number of hydrogen-bond donors (Lipinski definition) is 0. The Balaban J connectivity index is 1.95. The van der Waals surface area contributed by atoms with Crippen LogP contribution in [-0.4, -0.2) is 23.8 Å². The Morgan fingerprint density at radius 2 is 2.00 bits per heavy atom. The predicted octanol–water partition coefficient (Wildman–Crippen LogP) is 2.41. The molecule has 0 spiro atoms. The largest absolute Gasteiger partial charge is 0.299 e. The van der Waals surface area contributed by atoms with Crippen molar-refractivity contribution in [1.29, 1.82) is 0 Å². The summed E-state index contributed by atoms with van der Waals surface area (Å²) in [5.74, 6) is 0.624. The molecule has 1 atom stereocenters. The van der Waals surface area contributed by atoms with Crippen LogP contribution in [0.5, 0.6) is 0 Å². The first kappa shape index (κ1) is 11.3. The first-order valence-electron chi connectivity index (χ1n) is 5.96. The van der Waals surface area contributed by atoms with Crippen LogP contribution < -0.4 is 0 Å². The highest BCUT2D eigenvalue weighted by Gasteiger charge is 2.22. The van der Waals surface area contributed by atoms with Crippen LogP contribution in [0, 0.1) is 12.8 Å². The maximum atomic E-state index is 11.4. The van der Waals surface area contributed by atoms with Crippen molar-refractivity contribution in [3.05, 3.63) is 35.4 Å². The molecule has 2 rings (SSSR count). The fraction of sp³-hybridized carbons (Fsp3) is 0.500. The number of rotatable bonds is 2. The zero-order valence-electron chi connectivity index (χ0n) is 10.1. The quantitative estimate of drug-likeness (QED) is 0.758. The lowest BCUT2D eigenvalue weighted by Crippen LogP contribution is -2.38. The standard InChI is InChI=1S/C14H19NO/c1-11-3-5-13(6-4-11)10-15-8-7-14(16)12(2)9-15/h3-6,12H,7-10H2,1-2H3. The molecule has 1 aliphatic heterocycles. The summed E-state index contributed by atoms with van der Waals surface area (Å²) in [6, 6.07) is 8.65. The van der Waals surface area contributed by atoms with Gasteiger partial charge in [-0.15, -0.1) is 0 Å². The van der Waals surface area contributed by atoms with E-state index in [1.807, 2.05) is 6.92 Å². The van der Waals surface area contributed by atoms with Crippen molar-refractivity contribution in [1.82, 2.24) is 4.90 Å². The average molecular weight is 217 g/mol. The molecule has 86 valence electrons. The van der Waals surface area contributed by atoms with Gasteiger partial charge in [-0.3, -0.25) is 9.69 Å². The summed E-state index contributed by atoms with van der Waals surface area (Å²) in [6.45, 7) is 6.93. The molecule has 1 aromatic rings. The van der Waals surface area contributed by atoms with Gasteiger partial charge < -0.3 is 0 Å². The zero-order valence-corrected chi connectivity index (χ0v) is 10.1. The molecule has 0 aliphatic carbocycles. The first-order chi connectivity index (χ1) is 7.65. The van der Waals surface area contributed by atoms with Gasteiger partial charge in [0.25, 0.3) is 0 Å². The van der Waals surface area contributed by atoms with Gasteiger partial charge in [-0.05, 0) is 12.5 Å². The average Bonchev–Trinajstić information content (AvgIpc) is 2.27. The molecule has 0 N–H and O–H groups in total. The second-order valence-corrected chi connectivity index (χ2v) is 4.84. The van der Waals surface area contributed by atoms with Crippen molar-refractivity contribution in [2.45, 2.75) is 26.8 Å². The number of likely N-dealkylation sites (tertiary alicyclic amines) is 1. The van der Waals surface area contributed by atoms with Crippen LogP contribution >= 0.6 is 0 Å². The topological polar surface area (TPSA) is 20.3 Å². The number of hydrogen-bond acceptors (Lipinski definition) is 2. The van der Waals surface area contributed by atoms with E-state index < -0.39 is 0 Å². The van der Waals surface area contributed by atoms with Gasteiger partial charge in [0.15, 0.2) is 0 Å². The number of aryl methyl sites for hydroxylation is 1. The normalized spacial score (nSPS) is 22.4. The fourth-order valence-corrected chi connectivity index (χ4v) is 2.19. The summed E-state index contributed by atoms with van der Waals surface area (Å²) in [6.07, 6.45) is 0.715. The fourth-order valence-electron chi connectivity index (χ4n) is 2.19. The van der Waals surface area contributed by atoms with E-state index in [9.17, 15) is 4.79 Å². The Bertz CT molecular complexity index is 369. The summed E-state index contributed by atoms with van der Waals surface area (Å²) >= 11 is 0. The molecule has 0 amide bonds. The van der Waals surface area contributed by atoms with E-state index in [1.54, 1.807) is 0 Å². The van der Waals surface area contributed by atoms with Gasteiger partial charge in [-0.1, -0.05) is 36.8 Å². The van der Waals surface area contributed by atoms with E-state index in [2.05, 4.69) is 36.1 Å². The molecular formula is C14H19NO. The molecule has 1 fully saturated rings. The summed E-state index contributed by atoms with van der Waals surface area (Å²) in [4.78, 5) is 13.8. The molecule has 1 saturated heterocycles. The molecule has 1 aromatic carbocycles. The molecule has 0 radical (unpaired) electrons. The smallest absolute Gasteiger partial charge is 0.138 e. The second kappa shape index (κ2) is 4.79. The van der Waals surface area contributed by atoms with Crippen molar-refractivity contribution in [2.24, 2.45) is 5.92 Å². The lowest BCUT2D eigenvalue weighted by Gasteiger charge is -2.29. The Hall–Kier alpha value is -1.15. The number of carbonyl (C=O) groups is 1. The molecule has 1 aliphatic rings. The van der Waals surface area contributed by atoms with Crippen LogP contribution in [0.2, 0.25) is 0 Å². The van der Waals surface area contributed by atoms with Crippen molar-refractivity contribution >= 4 is 5.78 Å². The maximum Gasteiger partial charge on any atom is 0.138 e. The van der Waals surface area contributed by atoms with Crippen molar-refractivity contribution in [3.63, 3.8) is 0 Å². The van der Waals surface area contributed by atoms with E-state index >= 15 is 0 Å². The molecule has 0 saturated carbocycles. The molecule has 1 heterocycles. The van der Waals surface area contributed by atoms with Crippen molar-refractivity contribution in [2.75, 3.05) is 13.1 Å². The van der Waals surface area contributed by atoms with E-state index in [0.717, 1.165) is 19.6 Å². The third-order valence-electron chi connectivity index (χ3n) is 3.28. The van der Waals surface area contributed by atoms with Crippen LogP contribution in [0.4, 0.5) is 0 Å². The number of benzene rings is 1. The van der Waals surface area contributed by atoms with E-state index in [4.69, 9.17) is 0 Å². The summed E-state index contributed by atoms with van der Waals surface area (Å²) in [7, 11) is 0. The molecule has 16 heavy (non-hydrogen) atoms. The minimum absolute atomic E-state index is 0.208. The highest BCUT2D eigenvalue weighted by atomic mass is 16.1. The number of piperidine rings is 1. The molecule has 2 heteroatoms. The third-order valence-corrected chi connectivity index (χ3v) is 3.28. The third kappa shape index (κ3) is 2.70. The number of Topliss-reactive ketones (excluding diaryl/α,β-unsaturated/α-hetero) is 1. The van der Waals surface area contributed by atoms with Gasteiger partial charge in [0, 0.05) is 32.0 Å². The number of carbonyl (C=O) groups excluding carboxylic acids is 1. The van der Waals surface area contributed by atoms with Gasteiger partial charge in [-0.25, -0.2) is 0 Å². The van der Waals surface area contributed by atoms with Gasteiger partial charge >= 0.3 is 0 Å². The molecule has 1 unspecified atom stereocenters. The predicted molar refractivity (Wildman–Crippen MR) is 65.2 cm³/mol. The van der Waals surface area contributed by atoms with Gasteiger partial charge in [0.05, 0.1) is 0 Å². The van der Waals surface area contributed by atoms with E-state index in [0.29, 0.717) is 12.2 Å². The minimum atomic E-state index is 0.208. The summed E-state index contributed by atoms with van der Waals surface area (Å²) in [5.41, 5.74) is 2.64. The second-order valence-electron chi connectivity index (χ2n) is 4.84. The Morgan fingerprint density at radius 1 is 1.31 bits per heavy atom. The van der Waals surface area contributed by atoms with Crippen LogP contribution in [0.3, 0.4) is 0 Å². The summed E-state index contributed by atoms with van der Waals surface area (Å²) < 4.78 is 0. The molecule has 2 nitrogen and oxygen atoms in total. The monoisotopic (exact) mass is 217 g/mol. The van der Waals surface area contributed by atoms with E-state index in [-0.39, 0.29) is 5.92 Å². The Morgan fingerprint density at radius 3 is 2.62 bits per heavy atom. The summed E-state index contributed by atoms with van der Waals surface area (Å²) in [5, 5.41) is 0. The molecular weight excluding hydrogens is 198 g/mol. The van der Waals surface area contributed by atoms with Crippen LogP contribution in [0.15, 0.2) is 24.3 Å². The Kier molecular flexibility index (Phi) is 3.39. The van der Waals surface area contributed by atoms with Gasteiger partial charge in [0.1, 0.15) is 5.78 Å². The van der Waals surface area contributed by atoms with Crippen molar-refractivity contribution < 1.29 is 4.79 Å². The number of ketones is 1. The highest BCUT2D eigenvalue weighted by Crippen LogP contribution is 2.15. The Labute approximate surface area is 97.3 Å². The van der Waals surface area contributed by atoms with Crippen LogP contribution in [-0.2, 0) is 11.3 Å². The lowest BCUT2D eigenvalue weighted by molar-refractivity contribution is -0.125. The zero-order chi connectivity index (χ0) is 11.5. The highest BCUT2D eigenvalue weighted by molar-refractivity contribution is 5.81. The minimum Gasteiger partial charge on any atom is -0.299 e. The number of nitrogens with zero attached hydrogens (tertiary/aromatic N) is 1. The van der Waals surface area contributed by atoms with Gasteiger partial charge in [0.2, 0.25) is 0 Å². The lowest BCUT2D eigenvalue weighted by atomic mass is 9.98. The maximum absolute atomic E-state index is 11.4. The van der Waals surface area contributed by atoms with Crippen molar-refractivity contribution in [3.8, 4) is 0 Å². The van der Waals surface area contributed by atoms with Crippen LogP contribution in [0.25, 0.3) is 0 Å². The SMILES string of the molecule is Cc1ccc(CN2CCC(=O)C(C)C2)cc1. The van der Waals surface area contributed by atoms with Crippen LogP contribution in [0.1, 0.15) is 24.5 Å².